The van der Waals surface area contributed by atoms with Crippen molar-refractivity contribution in [2.24, 2.45) is 0 Å². The molecule has 8 heteroatoms. The molecular formula is C20H18N2O6. The number of ether oxygens (including phenoxy) is 1. The van der Waals surface area contributed by atoms with Crippen LogP contribution in [-0.2, 0) is 11.2 Å². The van der Waals surface area contributed by atoms with Crippen molar-refractivity contribution < 1.29 is 18.9 Å². The summed E-state index contributed by atoms with van der Waals surface area (Å²) in [5, 5.41) is 11.5. The lowest BCUT2D eigenvalue weighted by atomic mass is 10.1. The van der Waals surface area contributed by atoms with E-state index in [0.29, 0.717) is 23.4 Å². The second-order valence-electron chi connectivity index (χ2n) is 6.12. The normalized spacial score (nSPS) is 10.6. The molecule has 1 amide bonds. The van der Waals surface area contributed by atoms with E-state index in [0.717, 1.165) is 10.9 Å². The summed E-state index contributed by atoms with van der Waals surface area (Å²) in [5.74, 6) is 0.0621. The van der Waals surface area contributed by atoms with Crippen LogP contribution < -0.4 is 15.3 Å². The van der Waals surface area contributed by atoms with Crippen molar-refractivity contribution in [1.29, 1.82) is 0 Å². The number of likely N-dealkylation sites (N-methyl/N-ethyl adjacent to an activating group) is 1. The van der Waals surface area contributed by atoms with Gasteiger partial charge in [0.15, 0.2) is 6.61 Å². The zero-order chi connectivity index (χ0) is 20.3. The highest BCUT2D eigenvalue weighted by atomic mass is 16.6. The van der Waals surface area contributed by atoms with E-state index in [9.17, 15) is 19.7 Å². The zero-order valence-corrected chi connectivity index (χ0v) is 15.4. The minimum atomic E-state index is -0.503. The number of hydrogen-bond donors (Lipinski definition) is 0. The first kappa shape index (κ1) is 19.1. The number of aryl methyl sites for hydroxylation is 1. The SMILES string of the molecule is CCc1cc(=O)oc2cc(OCC(=O)N(C)c3ccc([N+](=O)[O-])cc3)ccc12. The van der Waals surface area contributed by atoms with Crippen molar-refractivity contribution in [1.82, 2.24) is 0 Å². The molecule has 0 bridgehead atoms. The fraction of sp³-hybridized carbons (Fsp3) is 0.200. The number of anilines is 1. The molecule has 0 spiro atoms. The fourth-order valence-corrected chi connectivity index (χ4v) is 2.78. The topological polar surface area (TPSA) is 103 Å². The summed E-state index contributed by atoms with van der Waals surface area (Å²) in [7, 11) is 1.56. The minimum absolute atomic E-state index is 0.0510. The van der Waals surface area contributed by atoms with Gasteiger partial charge < -0.3 is 14.1 Å². The molecule has 0 fully saturated rings. The standard InChI is InChI=1S/C20H18N2O6/c1-3-13-10-20(24)28-18-11-16(8-9-17(13)18)27-12-19(23)21(2)14-4-6-15(7-5-14)22(25)26/h4-11H,3,12H2,1-2H3. The average molecular weight is 382 g/mol. The summed E-state index contributed by atoms with van der Waals surface area (Å²) in [6.07, 6.45) is 0.695. The molecule has 0 aliphatic carbocycles. The van der Waals surface area contributed by atoms with Gasteiger partial charge in [0.1, 0.15) is 11.3 Å². The molecule has 144 valence electrons. The van der Waals surface area contributed by atoms with Crippen LogP contribution in [0, 0.1) is 10.1 Å². The third kappa shape index (κ3) is 4.01. The summed E-state index contributed by atoms with van der Waals surface area (Å²) < 4.78 is 10.7. The number of rotatable bonds is 6. The Morgan fingerprint density at radius 1 is 1.18 bits per heavy atom. The Bertz CT molecular complexity index is 1090. The highest BCUT2D eigenvalue weighted by molar-refractivity contribution is 5.94. The number of carbonyl (C=O) groups is 1. The van der Waals surface area contributed by atoms with Gasteiger partial charge in [-0.3, -0.25) is 14.9 Å². The molecular weight excluding hydrogens is 364 g/mol. The second-order valence-corrected chi connectivity index (χ2v) is 6.12. The monoisotopic (exact) mass is 382 g/mol. The van der Waals surface area contributed by atoms with E-state index in [-0.39, 0.29) is 18.2 Å². The summed E-state index contributed by atoms with van der Waals surface area (Å²) >= 11 is 0. The van der Waals surface area contributed by atoms with E-state index in [4.69, 9.17) is 9.15 Å². The lowest BCUT2D eigenvalue weighted by Gasteiger charge is -2.17. The second kappa shape index (κ2) is 7.91. The van der Waals surface area contributed by atoms with Gasteiger partial charge in [0, 0.05) is 42.4 Å². The van der Waals surface area contributed by atoms with Crippen molar-refractivity contribution in [2.45, 2.75) is 13.3 Å². The molecule has 0 aliphatic heterocycles. The van der Waals surface area contributed by atoms with Crippen LogP contribution in [0.15, 0.2) is 57.7 Å². The predicted octanol–water partition coefficient (Wildman–Crippen LogP) is 3.31. The maximum Gasteiger partial charge on any atom is 0.336 e. The highest BCUT2D eigenvalue weighted by Gasteiger charge is 2.14. The van der Waals surface area contributed by atoms with E-state index in [2.05, 4.69) is 0 Å². The molecule has 0 N–H and O–H groups in total. The lowest BCUT2D eigenvalue weighted by molar-refractivity contribution is -0.384. The van der Waals surface area contributed by atoms with Crippen LogP contribution in [0.1, 0.15) is 12.5 Å². The van der Waals surface area contributed by atoms with Crippen LogP contribution in [0.4, 0.5) is 11.4 Å². The van der Waals surface area contributed by atoms with Gasteiger partial charge in [-0.1, -0.05) is 6.92 Å². The first-order valence-corrected chi connectivity index (χ1v) is 8.59. The Labute approximate surface area is 160 Å². The van der Waals surface area contributed by atoms with E-state index in [1.807, 2.05) is 6.92 Å². The van der Waals surface area contributed by atoms with Gasteiger partial charge in [-0.05, 0) is 36.2 Å². The Balaban J connectivity index is 1.71. The third-order valence-corrected chi connectivity index (χ3v) is 4.37. The largest absolute Gasteiger partial charge is 0.484 e. The van der Waals surface area contributed by atoms with Gasteiger partial charge in [0.25, 0.3) is 11.6 Å². The molecule has 2 aromatic carbocycles. The first-order valence-electron chi connectivity index (χ1n) is 8.59. The van der Waals surface area contributed by atoms with Crippen LogP contribution in [-0.4, -0.2) is 24.5 Å². The number of amides is 1. The highest BCUT2D eigenvalue weighted by Crippen LogP contribution is 2.23. The molecule has 8 nitrogen and oxygen atoms in total. The van der Waals surface area contributed by atoms with Gasteiger partial charge in [-0.15, -0.1) is 0 Å². The smallest absolute Gasteiger partial charge is 0.336 e. The van der Waals surface area contributed by atoms with Crippen molar-refractivity contribution in [3.8, 4) is 5.75 Å². The van der Waals surface area contributed by atoms with Crippen LogP contribution in [0.5, 0.6) is 5.75 Å². The van der Waals surface area contributed by atoms with Gasteiger partial charge in [0.05, 0.1) is 4.92 Å². The Morgan fingerprint density at radius 3 is 2.54 bits per heavy atom. The number of benzene rings is 2. The Hall–Kier alpha value is -3.68. The van der Waals surface area contributed by atoms with Crippen LogP contribution in [0.3, 0.4) is 0 Å². The van der Waals surface area contributed by atoms with Crippen molar-refractivity contribution in [2.75, 3.05) is 18.6 Å². The number of hydrogen-bond acceptors (Lipinski definition) is 6. The molecule has 1 heterocycles. The molecule has 3 rings (SSSR count). The Kier molecular flexibility index (Phi) is 5.39. The molecule has 0 aliphatic rings. The molecule has 0 radical (unpaired) electrons. The van der Waals surface area contributed by atoms with Gasteiger partial charge in [0.2, 0.25) is 0 Å². The summed E-state index contributed by atoms with van der Waals surface area (Å²) in [5.41, 5.74) is 1.31. The quantitative estimate of drug-likeness (QED) is 0.368. The Morgan fingerprint density at radius 2 is 1.89 bits per heavy atom. The van der Waals surface area contributed by atoms with Gasteiger partial charge >= 0.3 is 5.63 Å². The first-order chi connectivity index (χ1) is 13.4. The van der Waals surface area contributed by atoms with E-state index >= 15 is 0 Å². The minimum Gasteiger partial charge on any atom is -0.484 e. The number of nitro benzene ring substituents is 1. The van der Waals surface area contributed by atoms with E-state index in [1.54, 1.807) is 25.2 Å². The molecule has 1 aromatic heterocycles. The molecule has 0 atom stereocenters. The molecule has 0 saturated heterocycles. The fourth-order valence-electron chi connectivity index (χ4n) is 2.78. The molecule has 3 aromatic rings. The average Bonchev–Trinajstić information content (AvgIpc) is 2.70. The molecule has 28 heavy (non-hydrogen) atoms. The number of fused-ring (bicyclic) bond motifs is 1. The van der Waals surface area contributed by atoms with Gasteiger partial charge in [-0.2, -0.15) is 0 Å². The molecule has 0 saturated carbocycles. The third-order valence-electron chi connectivity index (χ3n) is 4.37. The van der Waals surface area contributed by atoms with Gasteiger partial charge in [-0.25, -0.2) is 4.79 Å². The van der Waals surface area contributed by atoms with Crippen molar-refractivity contribution in [3.05, 3.63) is 74.6 Å². The maximum absolute atomic E-state index is 12.3. The lowest BCUT2D eigenvalue weighted by Crippen LogP contribution is -2.31. The number of non-ortho nitro benzene ring substituents is 1. The predicted molar refractivity (Wildman–Crippen MR) is 104 cm³/mol. The van der Waals surface area contributed by atoms with Crippen LogP contribution >= 0.6 is 0 Å². The summed E-state index contributed by atoms with van der Waals surface area (Å²) in [6, 6.07) is 12.2. The van der Waals surface area contributed by atoms with Crippen LogP contribution in [0.2, 0.25) is 0 Å². The zero-order valence-electron chi connectivity index (χ0n) is 15.4. The van der Waals surface area contributed by atoms with Crippen LogP contribution in [0.25, 0.3) is 11.0 Å². The number of nitrogens with zero attached hydrogens (tertiary/aromatic N) is 2. The van der Waals surface area contributed by atoms with E-state index in [1.165, 1.54) is 35.2 Å². The maximum atomic E-state index is 12.3. The summed E-state index contributed by atoms with van der Waals surface area (Å²) in [6.45, 7) is 1.71. The van der Waals surface area contributed by atoms with Crippen molar-refractivity contribution in [3.63, 3.8) is 0 Å². The van der Waals surface area contributed by atoms with E-state index < -0.39 is 10.5 Å². The number of nitro groups is 1. The number of carbonyl (C=O) groups excluding carboxylic acids is 1. The van der Waals surface area contributed by atoms with Crippen molar-refractivity contribution >= 4 is 28.3 Å². The summed E-state index contributed by atoms with van der Waals surface area (Å²) in [4.78, 5) is 35.5. The molecule has 0 unspecified atom stereocenters.